The van der Waals surface area contributed by atoms with Crippen molar-refractivity contribution in [2.75, 3.05) is 25.5 Å². The summed E-state index contributed by atoms with van der Waals surface area (Å²) in [5, 5.41) is 12.9. The number of likely N-dealkylation sites (tertiary alicyclic amines) is 1. The van der Waals surface area contributed by atoms with Gasteiger partial charge in [-0.05, 0) is 80.4 Å². The zero-order valence-corrected chi connectivity index (χ0v) is 22.5. The quantitative estimate of drug-likeness (QED) is 0.464. The Morgan fingerprint density at radius 2 is 1.83 bits per heavy atom. The summed E-state index contributed by atoms with van der Waals surface area (Å²) in [6, 6.07) is 11.2. The molecule has 35 heavy (non-hydrogen) atoms. The molecule has 0 aromatic heterocycles. The number of ether oxygens (including phenoxy) is 1. The van der Waals surface area contributed by atoms with Crippen molar-refractivity contribution in [2.24, 2.45) is 5.92 Å². The van der Waals surface area contributed by atoms with Gasteiger partial charge in [-0.15, -0.1) is 0 Å². The number of amides is 3. The smallest absolute Gasteiger partial charge is 0.322 e. The predicted molar refractivity (Wildman–Crippen MR) is 138 cm³/mol. The van der Waals surface area contributed by atoms with Crippen molar-refractivity contribution >= 4 is 55.5 Å². The zero-order chi connectivity index (χ0) is 25.1. The highest BCUT2D eigenvalue weighted by Gasteiger charge is 2.34. The van der Waals surface area contributed by atoms with Crippen LogP contribution in [0.15, 0.2) is 45.3 Å². The highest BCUT2D eigenvalue weighted by molar-refractivity contribution is 9.11. The molecule has 2 N–H and O–H groups in total. The number of nitrogens with zero attached hydrogens (tertiary/aromatic N) is 2. The lowest BCUT2D eigenvalue weighted by atomic mass is 9.94. The second-order valence-corrected chi connectivity index (χ2v) is 10.6. The van der Waals surface area contributed by atoms with Gasteiger partial charge < -0.3 is 25.0 Å². The summed E-state index contributed by atoms with van der Waals surface area (Å²) in [6.45, 7) is 1.61. The molecule has 2 heterocycles. The molecule has 3 amide bonds. The number of phenols is 1. The number of hydrogen-bond donors (Lipinski definition) is 2. The van der Waals surface area contributed by atoms with Gasteiger partial charge in [0.05, 0.1) is 22.0 Å². The monoisotopic (exact) mass is 607 g/mol. The Hall–Kier alpha value is -2.59. The van der Waals surface area contributed by atoms with Gasteiger partial charge in [-0.3, -0.25) is 9.59 Å². The topological polar surface area (TPSA) is 99.2 Å². The average Bonchev–Trinajstić information content (AvgIpc) is 2.86. The minimum atomic E-state index is -0.641. The second kappa shape index (κ2) is 11.0. The molecule has 0 bridgehead atoms. The third-order valence-electron chi connectivity index (χ3n) is 6.63. The first-order valence-corrected chi connectivity index (χ1v) is 13.0. The second-order valence-electron chi connectivity index (χ2n) is 8.86. The molecule has 2 aromatic rings. The molecular formula is C25H27Br2N3O5. The number of aromatic hydroxyl groups is 1. The average molecular weight is 609 g/mol. The molecule has 1 atom stereocenters. The van der Waals surface area contributed by atoms with Gasteiger partial charge in [-0.25, -0.2) is 4.79 Å². The normalized spacial score (nSPS) is 16.9. The first kappa shape index (κ1) is 25.5. The van der Waals surface area contributed by atoms with Crippen molar-refractivity contribution in [3.8, 4) is 5.75 Å². The van der Waals surface area contributed by atoms with Crippen LogP contribution in [0.25, 0.3) is 0 Å². The number of piperidine rings is 1. The largest absolute Gasteiger partial charge is 0.506 e. The Labute approximate surface area is 220 Å². The van der Waals surface area contributed by atoms with Gasteiger partial charge in [0, 0.05) is 37.8 Å². The van der Waals surface area contributed by atoms with Crippen molar-refractivity contribution in [3.63, 3.8) is 0 Å². The van der Waals surface area contributed by atoms with E-state index in [2.05, 4.69) is 37.2 Å². The highest BCUT2D eigenvalue weighted by atomic mass is 79.9. The molecule has 0 unspecified atom stereocenters. The van der Waals surface area contributed by atoms with E-state index in [1.54, 1.807) is 17.0 Å². The van der Waals surface area contributed by atoms with Crippen molar-refractivity contribution < 1.29 is 24.2 Å². The third kappa shape index (κ3) is 5.81. The number of rotatable bonds is 6. The molecule has 1 saturated heterocycles. The zero-order valence-electron chi connectivity index (χ0n) is 19.3. The molecule has 8 nitrogen and oxygen atoms in total. The minimum absolute atomic E-state index is 0.0328. The van der Waals surface area contributed by atoms with Gasteiger partial charge in [0.15, 0.2) is 0 Å². The lowest BCUT2D eigenvalue weighted by Crippen LogP contribution is -2.51. The van der Waals surface area contributed by atoms with Crippen LogP contribution in [0.3, 0.4) is 0 Å². The standard InChI is InChI=1S/C25H27Br2N3O5/c1-35-24(33)17(10-15-11-19(26)23(32)20(27)12-15)13-22(31)29-8-6-18(7-9-29)30-14-16-4-2-3-5-21(16)28-25(30)34/h2-5,11-12,17-18,32H,6-10,13-14H2,1H3,(H,28,34)/t17-/m1/s1. The minimum Gasteiger partial charge on any atom is -0.506 e. The number of benzene rings is 2. The lowest BCUT2D eigenvalue weighted by molar-refractivity contribution is -0.149. The summed E-state index contributed by atoms with van der Waals surface area (Å²) < 4.78 is 5.97. The van der Waals surface area contributed by atoms with E-state index in [1.165, 1.54) is 7.11 Å². The summed E-state index contributed by atoms with van der Waals surface area (Å²) >= 11 is 6.60. The molecule has 186 valence electrons. The van der Waals surface area contributed by atoms with E-state index in [-0.39, 0.29) is 30.2 Å². The van der Waals surface area contributed by atoms with Gasteiger partial charge in [-0.2, -0.15) is 0 Å². The highest BCUT2D eigenvalue weighted by Crippen LogP contribution is 2.34. The van der Waals surface area contributed by atoms with Crippen molar-refractivity contribution in [1.29, 1.82) is 0 Å². The molecular weight excluding hydrogens is 582 g/mol. The number of carbonyl (C=O) groups excluding carboxylic acids is 3. The fourth-order valence-electron chi connectivity index (χ4n) is 4.71. The number of esters is 1. The first-order valence-electron chi connectivity index (χ1n) is 11.4. The van der Waals surface area contributed by atoms with Crippen LogP contribution in [0, 0.1) is 5.92 Å². The van der Waals surface area contributed by atoms with E-state index < -0.39 is 11.9 Å². The van der Waals surface area contributed by atoms with Crippen LogP contribution >= 0.6 is 31.9 Å². The molecule has 2 aliphatic rings. The summed E-state index contributed by atoms with van der Waals surface area (Å²) in [7, 11) is 1.32. The number of hydrogen-bond acceptors (Lipinski definition) is 5. The Balaban J connectivity index is 1.36. The Morgan fingerprint density at radius 1 is 1.17 bits per heavy atom. The summed E-state index contributed by atoms with van der Waals surface area (Å²) in [5.41, 5.74) is 2.72. The first-order chi connectivity index (χ1) is 16.8. The number of fused-ring (bicyclic) bond motifs is 1. The predicted octanol–water partition coefficient (Wildman–Crippen LogP) is 4.68. The van der Waals surface area contributed by atoms with Crippen LogP contribution < -0.4 is 5.32 Å². The van der Waals surface area contributed by atoms with E-state index in [0.29, 0.717) is 47.8 Å². The van der Waals surface area contributed by atoms with Crippen LogP contribution in [-0.4, -0.2) is 59.1 Å². The maximum Gasteiger partial charge on any atom is 0.322 e. The Morgan fingerprint density at radius 3 is 2.49 bits per heavy atom. The fraction of sp³-hybridized carbons (Fsp3) is 0.400. The molecule has 0 spiro atoms. The van der Waals surface area contributed by atoms with Gasteiger partial charge in [0.2, 0.25) is 5.91 Å². The van der Waals surface area contributed by atoms with Crippen molar-refractivity contribution in [2.45, 2.75) is 38.3 Å². The molecule has 1 fully saturated rings. The number of urea groups is 1. The third-order valence-corrected chi connectivity index (χ3v) is 7.84. The van der Waals surface area contributed by atoms with E-state index >= 15 is 0 Å². The van der Waals surface area contributed by atoms with E-state index in [9.17, 15) is 19.5 Å². The number of phenolic OH excluding ortho intramolecular Hbond substituents is 1. The summed E-state index contributed by atoms with van der Waals surface area (Å²) in [5.74, 6) is -1.12. The number of nitrogens with one attached hydrogen (secondary N) is 1. The van der Waals surface area contributed by atoms with Gasteiger partial charge in [-0.1, -0.05) is 18.2 Å². The van der Waals surface area contributed by atoms with Crippen LogP contribution in [0.5, 0.6) is 5.75 Å². The molecule has 2 aromatic carbocycles. The molecule has 0 radical (unpaired) electrons. The molecule has 2 aliphatic heterocycles. The van der Waals surface area contributed by atoms with Crippen LogP contribution in [-0.2, 0) is 27.3 Å². The number of methoxy groups -OCH3 is 1. The maximum absolute atomic E-state index is 13.1. The van der Waals surface area contributed by atoms with Gasteiger partial charge in [0.25, 0.3) is 0 Å². The summed E-state index contributed by atoms with van der Waals surface area (Å²) in [4.78, 5) is 41.8. The number of para-hydroxylation sites is 1. The van der Waals surface area contributed by atoms with Crippen molar-refractivity contribution in [3.05, 3.63) is 56.5 Å². The van der Waals surface area contributed by atoms with Gasteiger partial charge in [0.1, 0.15) is 5.75 Å². The Kier molecular flexibility index (Phi) is 8.01. The SMILES string of the molecule is COC(=O)[C@@H](CC(=O)N1CCC(N2Cc3ccccc3NC2=O)CC1)Cc1cc(Br)c(O)c(Br)c1. The van der Waals surface area contributed by atoms with E-state index in [1.807, 2.05) is 29.2 Å². The molecule has 0 saturated carbocycles. The van der Waals surface area contributed by atoms with E-state index in [0.717, 1.165) is 16.8 Å². The summed E-state index contributed by atoms with van der Waals surface area (Å²) in [6.07, 6.45) is 1.70. The van der Waals surface area contributed by atoms with Gasteiger partial charge >= 0.3 is 12.0 Å². The van der Waals surface area contributed by atoms with E-state index in [4.69, 9.17) is 4.74 Å². The van der Waals surface area contributed by atoms with Crippen LogP contribution in [0.2, 0.25) is 0 Å². The lowest BCUT2D eigenvalue weighted by Gasteiger charge is -2.40. The number of carbonyl (C=O) groups is 3. The number of halogens is 2. The molecule has 10 heteroatoms. The van der Waals surface area contributed by atoms with Crippen LogP contribution in [0.1, 0.15) is 30.4 Å². The maximum atomic E-state index is 13.1. The fourth-order valence-corrected chi connectivity index (χ4v) is 5.99. The van der Waals surface area contributed by atoms with Crippen LogP contribution in [0.4, 0.5) is 10.5 Å². The van der Waals surface area contributed by atoms with Crippen molar-refractivity contribution in [1.82, 2.24) is 9.80 Å². The number of anilines is 1. The Bertz CT molecular complexity index is 1110. The molecule has 0 aliphatic carbocycles. The molecule has 4 rings (SSSR count).